The lowest BCUT2D eigenvalue weighted by Gasteiger charge is -2.06. The number of ketones is 1. The monoisotopic (exact) mass is 304 g/mol. The second kappa shape index (κ2) is 6.55. The van der Waals surface area contributed by atoms with Gasteiger partial charge in [-0.3, -0.25) is 4.79 Å². The molecule has 0 atom stereocenters. The van der Waals surface area contributed by atoms with Crippen LogP contribution >= 0.6 is 11.6 Å². The van der Waals surface area contributed by atoms with Gasteiger partial charge in [0.15, 0.2) is 5.78 Å². The van der Waals surface area contributed by atoms with E-state index in [1.165, 1.54) is 31.4 Å². The number of hydrogen-bond donors (Lipinski definition) is 0. The van der Waals surface area contributed by atoms with Gasteiger partial charge in [0.05, 0.1) is 17.7 Å². The third-order valence-electron chi connectivity index (χ3n) is 3.02. The van der Waals surface area contributed by atoms with Gasteiger partial charge in [-0.2, -0.15) is 0 Å². The first-order chi connectivity index (χ1) is 10.0. The Morgan fingerprint density at radius 2 is 2.05 bits per heavy atom. The molecule has 2 nitrogen and oxygen atoms in total. The lowest BCUT2D eigenvalue weighted by atomic mass is 10.1. The number of ether oxygens (including phenoxy) is 1. The molecule has 0 saturated heterocycles. The van der Waals surface area contributed by atoms with Gasteiger partial charge in [0.2, 0.25) is 0 Å². The summed E-state index contributed by atoms with van der Waals surface area (Å²) in [5.74, 6) is -0.257. The van der Waals surface area contributed by atoms with Crippen LogP contribution in [-0.2, 0) is 0 Å². The molecule has 0 heterocycles. The summed E-state index contributed by atoms with van der Waals surface area (Å²) in [6, 6.07) is 9.69. The predicted molar refractivity (Wildman–Crippen MR) is 82.5 cm³/mol. The van der Waals surface area contributed by atoms with Crippen LogP contribution in [0.2, 0.25) is 5.02 Å². The average Bonchev–Trinajstić information content (AvgIpc) is 2.46. The maximum atomic E-state index is 13.6. The summed E-state index contributed by atoms with van der Waals surface area (Å²) in [4.78, 5) is 12.2. The Kier molecular flexibility index (Phi) is 4.76. The summed E-state index contributed by atoms with van der Waals surface area (Å²) < 4.78 is 18.8. The number of halogens is 2. The fourth-order valence-electron chi connectivity index (χ4n) is 1.93. The van der Waals surface area contributed by atoms with Crippen molar-refractivity contribution in [3.63, 3.8) is 0 Å². The van der Waals surface area contributed by atoms with Crippen molar-refractivity contribution < 1.29 is 13.9 Å². The standard InChI is InChI=1S/C17H14ClFO2/c1-11-6-9-17(21-2)13(10-11)16(20)8-7-12-14(18)4-3-5-15(12)19/h3-10H,1-2H3/b8-7+. The molecule has 0 saturated carbocycles. The van der Waals surface area contributed by atoms with E-state index in [9.17, 15) is 9.18 Å². The number of benzene rings is 2. The van der Waals surface area contributed by atoms with Gasteiger partial charge in [0.25, 0.3) is 0 Å². The Hall–Kier alpha value is -2.13. The first-order valence-electron chi connectivity index (χ1n) is 6.34. The molecule has 4 heteroatoms. The van der Waals surface area contributed by atoms with Crippen molar-refractivity contribution in [2.24, 2.45) is 0 Å². The molecule has 21 heavy (non-hydrogen) atoms. The molecule has 0 spiro atoms. The third-order valence-corrected chi connectivity index (χ3v) is 3.35. The van der Waals surface area contributed by atoms with Crippen LogP contribution in [0.5, 0.6) is 5.75 Å². The zero-order valence-corrected chi connectivity index (χ0v) is 12.4. The highest BCUT2D eigenvalue weighted by Crippen LogP contribution is 2.23. The summed E-state index contributed by atoms with van der Waals surface area (Å²) in [7, 11) is 1.50. The van der Waals surface area contributed by atoms with Gasteiger partial charge in [-0.15, -0.1) is 0 Å². The van der Waals surface area contributed by atoms with Crippen LogP contribution in [0.15, 0.2) is 42.5 Å². The van der Waals surface area contributed by atoms with Crippen molar-refractivity contribution in [2.45, 2.75) is 6.92 Å². The topological polar surface area (TPSA) is 26.3 Å². The molecule has 0 aliphatic rings. The molecular weight excluding hydrogens is 291 g/mol. The molecule has 0 radical (unpaired) electrons. The predicted octanol–water partition coefficient (Wildman–Crippen LogP) is 4.69. The van der Waals surface area contributed by atoms with Crippen LogP contribution in [0, 0.1) is 12.7 Å². The largest absolute Gasteiger partial charge is 0.496 e. The highest BCUT2D eigenvalue weighted by atomic mass is 35.5. The Morgan fingerprint density at radius 3 is 2.71 bits per heavy atom. The molecule has 2 rings (SSSR count). The second-order valence-electron chi connectivity index (χ2n) is 4.54. The zero-order chi connectivity index (χ0) is 15.4. The fourth-order valence-corrected chi connectivity index (χ4v) is 2.16. The van der Waals surface area contributed by atoms with Crippen LogP contribution in [0.1, 0.15) is 21.5 Å². The van der Waals surface area contributed by atoms with Gasteiger partial charge in [-0.05, 0) is 43.3 Å². The molecule has 0 aromatic heterocycles. The molecule has 0 fully saturated rings. The summed E-state index contributed by atoms with van der Waals surface area (Å²) in [6.07, 6.45) is 2.67. The lowest BCUT2D eigenvalue weighted by molar-refractivity contribution is 0.104. The summed E-state index contributed by atoms with van der Waals surface area (Å²) in [6.45, 7) is 1.88. The highest BCUT2D eigenvalue weighted by molar-refractivity contribution is 6.32. The van der Waals surface area contributed by atoms with E-state index in [-0.39, 0.29) is 16.4 Å². The Labute approximate surface area is 127 Å². The van der Waals surface area contributed by atoms with E-state index in [2.05, 4.69) is 0 Å². The van der Waals surface area contributed by atoms with E-state index in [4.69, 9.17) is 16.3 Å². The molecule has 108 valence electrons. The van der Waals surface area contributed by atoms with Gasteiger partial charge in [0, 0.05) is 5.56 Å². The summed E-state index contributed by atoms with van der Waals surface area (Å²) >= 11 is 5.92. The zero-order valence-electron chi connectivity index (χ0n) is 11.7. The van der Waals surface area contributed by atoms with Crippen LogP contribution in [0.4, 0.5) is 4.39 Å². The average molecular weight is 305 g/mol. The summed E-state index contributed by atoms with van der Waals surface area (Å²) in [5.41, 5.74) is 1.57. The van der Waals surface area contributed by atoms with Gasteiger partial charge in [0.1, 0.15) is 11.6 Å². The quantitative estimate of drug-likeness (QED) is 0.605. The van der Waals surface area contributed by atoms with Crippen LogP contribution < -0.4 is 4.74 Å². The van der Waals surface area contributed by atoms with Gasteiger partial charge >= 0.3 is 0 Å². The molecule has 2 aromatic rings. The second-order valence-corrected chi connectivity index (χ2v) is 4.94. The van der Waals surface area contributed by atoms with E-state index >= 15 is 0 Å². The van der Waals surface area contributed by atoms with Gasteiger partial charge < -0.3 is 4.74 Å². The van der Waals surface area contributed by atoms with E-state index in [0.717, 1.165) is 5.56 Å². The minimum Gasteiger partial charge on any atom is -0.496 e. The number of methoxy groups -OCH3 is 1. The minimum absolute atomic E-state index is 0.194. The van der Waals surface area contributed by atoms with E-state index in [0.29, 0.717) is 11.3 Å². The SMILES string of the molecule is COc1ccc(C)cc1C(=O)/C=C/c1c(F)cccc1Cl. The van der Waals surface area contributed by atoms with Crippen LogP contribution in [0.25, 0.3) is 6.08 Å². The van der Waals surface area contributed by atoms with Crippen molar-refractivity contribution in [1.82, 2.24) is 0 Å². The van der Waals surface area contributed by atoms with Crippen LogP contribution in [0.3, 0.4) is 0 Å². The maximum Gasteiger partial charge on any atom is 0.189 e. The maximum absolute atomic E-state index is 13.6. The first kappa shape index (κ1) is 15.3. The number of allylic oxidation sites excluding steroid dienone is 1. The molecule has 0 aliphatic carbocycles. The molecule has 0 unspecified atom stereocenters. The normalized spacial score (nSPS) is 10.9. The molecular formula is C17H14ClFO2. The highest BCUT2D eigenvalue weighted by Gasteiger charge is 2.10. The van der Waals surface area contributed by atoms with Crippen molar-refractivity contribution in [2.75, 3.05) is 7.11 Å². The Morgan fingerprint density at radius 1 is 1.29 bits per heavy atom. The van der Waals surface area contributed by atoms with E-state index in [1.54, 1.807) is 18.2 Å². The molecule has 0 aliphatic heterocycles. The van der Waals surface area contributed by atoms with Gasteiger partial charge in [-0.1, -0.05) is 29.3 Å². The summed E-state index contributed by atoms with van der Waals surface area (Å²) in [5, 5.41) is 0.259. The molecule has 0 N–H and O–H groups in total. The van der Waals surface area contributed by atoms with Crippen LogP contribution in [-0.4, -0.2) is 12.9 Å². The molecule has 2 aromatic carbocycles. The minimum atomic E-state index is -0.470. The van der Waals surface area contributed by atoms with Gasteiger partial charge in [-0.25, -0.2) is 4.39 Å². The lowest BCUT2D eigenvalue weighted by Crippen LogP contribution is -1.99. The first-order valence-corrected chi connectivity index (χ1v) is 6.72. The Balaban J connectivity index is 2.34. The number of rotatable bonds is 4. The third kappa shape index (κ3) is 3.50. The smallest absolute Gasteiger partial charge is 0.189 e. The van der Waals surface area contributed by atoms with Crippen molar-refractivity contribution in [1.29, 1.82) is 0 Å². The Bertz CT molecular complexity index is 688. The van der Waals surface area contributed by atoms with E-state index in [1.807, 2.05) is 13.0 Å². The van der Waals surface area contributed by atoms with Crippen molar-refractivity contribution in [3.8, 4) is 5.75 Å². The number of aryl methyl sites for hydroxylation is 1. The van der Waals surface area contributed by atoms with Crippen molar-refractivity contribution >= 4 is 23.5 Å². The fraction of sp³-hybridized carbons (Fsp3) is 0.118. The number of carbonyl (C=O) groups is 1. The van der Waals surface area contributed by atoms with Crippen molar-refractivity contribution in [3.05, 3.63) is 70.0 Å². The molecule has 0 bridgehead atoms. The molecule has 0 amide bonds. The number of hydrogen-bond acceptors (Lipinski definition) is 2. The number of carbonyl (C=O) groups excluding carboxylic acids is 1. The van der Waals surface area contributed by atoms with E-state index < -0.39 is 5.82 Å².